The van der Waals surface area contributed by atoms with Crippen LogP contribution in [0.1, 0.15) is 21.5 Å². The molecule has 8 heteroatoms. The van der Waals surface area contributed by atoms with Crippen LogP contribution in [0.3, 0.4) is 0 Å². The lowest BCUT2D eigenvalue weighted by Crippen LogP contribution is -2.55. The van der Waals surface area contributed by atoms with Crippen molar-refractivity contribution in [2.45, 2.75) is 30.3 Å². The van der Waals surface area contributed by atoms with Gasteiger partial charge in [0.15, 0.2) is 13.8 Å². The number of carboxylic acids is 1. The predicted octanol–water partition coefficient (Wildman–Crippen LogP) is 2.52. The zero-order valence-corrected chi connectivity index (χ0v) is 17.0. The van der Waals surface area contributed by atoms with Crippen LogP contribution in [-0.2, 0) is 22.1 Å². The number of carbonyl (C=O) groups is 1. The molecule has 1 aliphatic rings. The number of aliphatic hydroxyl groups is 1. The lowest BCUT2D eigenvalue weighted by molar-refractivity contribution is -0.0845. The van der Waals surface area contributed by atoms with Crippen LogP contribution in [0.2, 0.25) is 0 Å². The summed E-state index contributed by atoms with van der Waals surface area (Å²) in [7, 11) is 1.16. The minimum absolute atomic E-state index is 0.0969. The zero-order chi connectivity index (χ0) is 20.9. The fraction of sp³-hybridized carbons (Fsp3) is 0.381. The van der Waals surface area contributed by atoms with E-state index in [9.17, 15) is 19.6 Å². The van der Waals surface area contributed by atoms with E-state index in [1.165, 1.54) is 0 Å². The first-order valence-electron chi connectivity index (χ1n) is 9.31. The van der Waals surface area contributed by atoms with E-state index in [0.717, 1.165) is 11.1 Å². The van der Waals surface area contributed by atoms with Crippen molar-refractivity contribution >= 4 is 14.4 Å². The quantitative estimate of drug-likeness (QED) is 0.567. The highest BCUT2D eigenvalue weighted by Gasteiger charge is 2.41. The van der Waals surface area contributed by atoms with Gasteiger partial charge in [-0.2, -0.15) is 0 Å². The average Bonchev–Trinajstić information content (AvgIpc) is 2.75. The molecule has 0 amide bonds. The summed E-state index contributed by atoms with van der Waals surface area (Å²) in [5.41, 5.74) is 1.80. The fourth-order valence-corrected chi connectivity index (χ4v) is 4.00. The van der Waals surface area contributed by atoms with Gasteiger partial charge in [-0.1, -0.05) is 30.3 Å². The third-order valence-corrected chi connectivity index (χ3v) is 5.86. The molecular formula is C21H24NO6P. The van der Waals surface area contributed by atoms with Gasteiger partial charge in [-0.3, -0.25) is 4.57 Å². The number of benzene rings is 2. The minimum atomic E-state index is -1.56. The summed E-state index contributed by atoms with van der Waals surface area (Å²) in [4.78, 5) is 11.4. The lowest BCUT2D eigenvalue weighted by atomic mass is 9.98. The Bertz CT molecular complexity index is 851. The van der Waals surface area contributed by atoms with Crippen LogP contribution >= 0.6 is 8.46 Å². The standard InChI is InChI=1S/C21H24NO6P/c1-27-17-8-6-14(7-9-17)11-21(25,29-26)19-12-22-16(13-28-19)10-15-4-2-3-5-18(15)20(23)24/h2-9,16,19,22,25H,10-13H2,1H3,(H,23,24)/t16-,19-,21?/m1/s1. The van der Waals surface area contributed by atoms with E-state index < -0.39 is 25.9 Å². The Morgan fingerprint density at radius 1 is 1.28 bits per heavy atom. The molecule has 0 radical (unpaired) electrons. The Balaban J connectivity index is 1.62. The molecule has 1 saturated heterocycles. The highest BCUT2D eigenvalue weighted by Crippen LogP contribution is 2.32. The molecule has 29 heavy (non-hydrogen) atoms. The van der Waals surface area contributed by atoms with Gasteiger partial charge in [0.2, 0.25) is 0 Å². The van der Waals surface area contributed by atoms with Gasteiger partial charge in [-0.15, -0.1) is 0 Å². The number of ether oxygens (including phenoxy) is 2. The first-order valence-corrected chi connectivity index (χ1v) is 10.1. The Labute approximate surface area is 170 Å². The van der Waals surface area contributed by atoms with E-state index in [4.69, 9.17) is 9.47 Å². The summed E-state index contributed by atoms with van der Waals surface area (Å²) in [6, 6.07) is 14.0. The summed E-state index contributed by atoms with van der Waals surface area (Å²) in [5, 5.41) is 22.0. The first-order chi connectivity index (χ1) is 13.9. The van der Waals surface area contributed by atoms with E-state index in [2.05, 4.69) is 5.32 Å². The van der Waals surface area contributed by atoms with E-state index >= 15 is 0 Å². The Morgan fingerprint density at radius 3 is 2.59 bits per heavy atom. The second-order valence-electron chi connectivity index (χ2n) is 7.09. The number of aromatic carboxylic acids is 1. The molecule has 2 aromatic carbocycles. The van der Waals surface area contributed by atoms with Gasteiger partial charge in [-0.05, 0) is 35.7 Å². The third-order valence-electron chi connectivity index (χ3n) is 5.10. The Morgan fingerprint density at radius 2 is 2.00 bits per heavy atom. The lowest BCUT2D eigenvalue weighted by Gasteiger charge is -2.37. The van der Waals surface area contributed by atoms with Crippen LogP contribution in [0.5, 0.6) is 5.75 Å². The van der Waals surface area contributed by atoms with Crippen molar-refractivity contribution in [1.82, 2.24) is 5.32 Å². The maximum absolute atomic E-state index is 11.8. The van der Waals surface area contributed by atoms with Crippen LogP contribution in [-0.4, -0.2) is 53.9 Å². The fourth-order valence-electron chi connectivity index (χ4n) is 3.47. The number of hydrogen-bond donors (Lipinski definition) is 3. The number of morpholine rings is 1. The number of methoxy groups -OCH3 is 1. The average molecular weight is 417 g/mol. The van der Waals surface area contributed by atoms with E-state index in [1.54, 1.807) is 43.5 Å². The van der Waals surface area contributed by atoms with Crippen molar-refractivity contribution in [2.24, 2.45) is 0 Å². The van der Waals surface area contributed by atoms with Crippen molar-refractivity contribution in [3.05, 3.63) is 65.2 Å². The van der Waals surface area contributed by atoms with Crippen molar-refractivity contribution in [3.63, 3.8) is 0 Å². The molecule has 3 rings (SSSR count). The second kappa shape index (κ2) is 9.46. The van der Waals surface area contributed by atoms with Gasteiger partial charge >= 0.3 is 5.97 Å². The number of hydrogen-bond acceptors (Lipinski definition) is 6. The van der Waals surface area contributed by atoms with Crippen LogP contribution in [0, 0.1) is 0 Å². The molecule has 1 fully saturated rings. The van der Waals surface area contributed by atoms with Crippen LogP contribution in [0.15, 0.2) is 48.5 Å². The summed E-state index contributed by atoms with van der Waals surface area (Å²) in [6.07, 6.45) is -0.00279. The van der Waals surface area contributed by atoms with Crippen molar-refractivity contribution in [3.8, 4) is 5.75 Å². The summed E-state index contributed by atoms with van der Waals surface area (Å²) < 4.78 is 22.8. The van der Waals surface area contributed by atoms with Crippen molar-refractivity contribution in [1.29, 1.82) is 0 Å². The van der Waals surface area contributed by atoms with E-state index in [1.807, 2.05) is 12.1 Å². The second-order valence-corrected chi connectivity index (χ2v) is 8.05. The monoisotopic (exact) mass is 417 g/mol. The van der Waals surface area contributed by atoms with Gasteiger partial charge in [0, 0.05) is 19.0 Å². The maximum Gasteiger partial charge on any atom is 0.335 e. The molecule has 154 valence electrons. The number of rotatable bonds is 8. The molecule has 1 heterocycles. The minimum Gasteiger partial charge on any atom is -0.497 e. The molecule has 0 spiro atoms. The van der Waals surface area contributed by atoms with Crippen LogP contribution in [0.25, 0.3) is 0 Å². The Hall–Kier alpha value is -2.31. The largest absolute Gasteiger partial charge is 0.497 e. The molecule has 0 bridgehead atoms. The van der Waals surface area contributed by atoms with Gasteiger partial charge < -0.3 is 25.0 Å². The molecule has 0 aromatic heterocycles. The zero-order valence-electron chi connectivity index (χ0n) is 16.1. The van der Waals surface area contributed by atoms with E-state index in [-0.39, 0.29) is 24.6 Å². The molecule has 1 unspecified atom stereocenters. The number of carboxylic acid groups (broad SMARTS) is 1. The summed E-state index contributed by atoms with van der Waals surface area (Å²) >= 11 is 0. The topological polar surface area (TPSA) is 105 Å². The van der Waals surface area contributed by atoms with Gasteiger partial charge in [0.1, 0.15) is 11.9 Å². The molecule has 0 aliphatic carbocycles. The highest BCUT2D eigenvalue weighted by atomic mass is 31.1. The third kappa shape index (κ3) is 5.19. The SMILES string of the molecule is COc1ccc(CC(O)(P=O)[C@H]2CN[C@H](Cc3ccccc3C(=O)O)CO2)cc1. The molecular weight excluding hydrogens is 393 g/mol. The van der Waals surface area contributed by atoms with Crippen molar-refractivity contribution in [2.75, 3.05) is 20.3 Å². The van der Waals surface area contributed by atoms with Crippen LogP contribution < -0.4 is 10.1 Å². The normalized spacial score (nSPS) is 21.4. The predicted molar refractivity (Wildman–Crippen MR) is 108 cm³/mol. The molecule has 7 nitrogen and oxygen atoms in total. The molecule has 1 aliphatic heterocycles. The Kier molecular flexibility index (Phi) is 6.98. The van der Waals surface area contributed by atoms with Gasteiger partial charge in [0.25, 0.3) is 0 Å². The molecule has 3 atom stereocenters. The molecule has 3 N–H and O–H groups in total. The summed E-state index contributed by atoms with van der Waals surface area (Å²) in [6.45, 7) is 0.584. The van der Waals surface area contributed by atoms with Crippen LogP contribution in [0.4, 0.5) is 0 Å². The molecule has 0 saturated carbocycles. The summed E-state index contributed by atoms with van der Waals surface area (Å²) in [5.74, 6) is -0.258. The van der Waals surface area contributed by atoms with Crippen molar-refractivity contribution < 1.29 is 29.0 Å². The maximum atomic E-state index is 11.8. The smallest absolute Gasteiger partial charge is 0.335 e. The van der Waals surface area contributed by atoms with E-state index in [0.29, 0.717) is 18.7 Å². The van der Waals surface area contributed by atoms with Gasteiger partial charge in [0.05, 0.1) is 19.3 Å². The first kappa shape index (κ1) is 21.4. The number of nitrogens with one attached hydrogen (secondary N) is 1. The van der Waals surface area contributed by atoms with Gasteiger partial charge in [-0.25, -0.2) is 4.79 Å². The highest BCUT2D eigenvalue weighted by molar-refractivity contribution is 7.25. The molecule has 2 aromatic rings.